The first-order valence-corrected chi connectivity index (χ1v) is 10.6. The van der Waals surface area contributed by atoms with Crippen LogP contribution in [0, 0.1) is 23.2 Å². The highest BCUT2D eigenvalue weighted by molar-refractivity contribution is 5.79. The van der Waals surface area contributed by atoms with Crippen molar-refractivity contribution < 1.29 is 9.59 Å². The Hall–Kier alpha value is -1.81. The molecule has 0 aromatic heterocycles. The summed E-state index contributed by atoms with van der Waals surface area (Å²) in [5, 5.41) is 12.6. The summed E-state index contributed by atoms with van der Waals surface area (Å²) >= 11 is 0. The van der Waals surface area contributed by atoms with Gasteiger partial charge in [0.15, 0.2) is 0 Å². The number of nitriles is 1. The molecule has 1 N–H and O–H groups in total. The molecule has 4 fully saturated rings. The van der Waals surface area contributed by atoms with Crippen molar-refractivity contribution in [1.82, 2.24) is 20.0 Å². The highest BCUT2D eigenvalue weighted by atomic mass is 16.2. The molecule has 0 bridgehead atoms. The van der Waals surface area contributed by atoms with Crippen molar-refractivity contribution in [2.75, 3.05) is 39.3 Å². The minimum atomic E-state index is -0.239. The summed E-state index contributed by atoms with van der Waals surface area (Å²) in [7, 11) is 0. The van der Waals surface area contributed by atoms with Gasteiger partial charge in [-0.05, 0) is 56.8 Å². The summed E-state index contributed by atoms with van der Waals surface area (Å²) in [6.07, 6.45) is 7.34. The predicted octanol–water partition coefficient (Wildman–Crippen LogP) is 1.41. The largest absolute Gasteiger partial charge is 0.326 e. The van der Waals surface area contributed by atoms with Gasteiger partial charge in [0.05, 0.1) is 12.6 Å². The molecule has 27 heavy (non-hydrogen) atoms. The zero-order valence-electron chi connectivity index (χ0n) is 16.1. The van der Waals surface area contributed by atoms with E-state index < -0.39 is 0 Å². The van der Waals surface area contributed by atoms with E-state index in [4.69, 9.17) is 5.26 Å². The van der Waals surface area contributed by atoms with Crippen LogP contribution < -0.4 is 5.32 Å². The molecular formula is C20H31N5O2. The van der Waals surface area contributed by atoms with Crippen molar-refractivity contribution in [1.29, 1.82) is 5.26 Å². The highest BCUT2D eigenvalue weighted by Crippen LogP contribution is 2.38. The normalized spacial score (nSPS) is 33.2. The lowest BCUT2D eigenvalue weighted by Gasteiger charge is -2.31. The van der Waals surface area contributed by atoms with Crippen LogP contribution in [-0.2, 0) is 4.79 Å². The average molecular weight is 374 g/mol. The van der Waals surface area contributed by atoms with Crippen LogP contribution in [0.1, 0.15) is 44.9 Å². The standard InChI is InChI=1S/C20H31N5O2/c21-11-18-5-4-8-25(18)19(26)12-22-17-9-15-13-24(14-16(15)10-17)20(27)23-6-2-1-3-7-23/h15-18,22H,1-10,12-14H2/t15-,16+,17?,18?. The molecule has 2 unspecified atom stereocenters. The first-order chi connectivity index (χ1) is 13.2. The van der Waals surface area contributed by atoms with Gasteiger partial charge in [0.25, 0.3) is 0 Å². The number of carbonyl (C=O) groups excluding carboxylic acids is 2. The Morgan fingerprint density at radius 2 is 1.67 bits per heavy atom. The number of likely N-dealkylation sites (tertiary alicyclic amines) is 3. The third kappa shape index (κ3) is 3.91. The van der Waals surface area contributed by atoms with E-state index in [1.54, 1.807) is 4.90 Å². The Balaban J connectivity index is 1.21. The molecular weight excluding hydrogens is 342 g/mol. The van der Waals surface area contributed by atoms with Gasteiger partial charge in [-0.2, -0.15) is 5.26 Å². The number of carbonyl (C=O) groups is 2. The van der Waals surface area contributed by atoms with Crippen molar-refractivity contribution in [3.63, 3.8) is 0 Å². The molecule has 0 radical (unpaired) electrons. The van der Waals surface area contributed by atoms with Gasteiger partial charge in [0.1, 0.15) is 6.04 Å². The molecule has 0 aromatic carbocycles. The van der Waals surface area contributed by atoms with Gasteiger partial charge in [-0.25, -0.2) is 4.79 Å². The van der Waals surface area contributed by atoms with Crippen LogP contribution in [0.25, 0.3) is 0 Å². The van der Waals surface area contributed by atoms with E-state index >= 15 is 0 Å². The lowest BCUT2D eigenvalue weighted by atomic mass is 10.0. The lowest BCUT2D eigenvalue weighted by molar-refractivity contribution is -0.130. The van der Waals surface area contributed by atoms with Gasteiger partial charge in [0.2, 0.25) is 5.91 Å². The van der Waals surface area contributed by atoms with Crippen molar-refractivity contribution in [3.8, 4) is 6.07 Å². The van der Waals surface area contributed by atoms with E-state index in [1.807, 2.05) is 4.90 Å². The van der Waals surface area contributed by atoms with Crippen LogP contribution in [0.5, 0.6) is 0 Å². The zero-order chi connectivity index (χ0) is 18.8. The second-order valence-corrected chi connectivity index (χ2v) is 8.68. The maximum Gasteiger partial charge on any atom is 0.320 e. The number of urea groups is 1. The van der Waals surface area contributed by atoms with E-state index in [0.29, 0.717) is 31.0 Å². The Morgan fingerprint density at radius 3 is 2.33 bits per heavy atom. The minimum absolute atomic E-state index is 0.0537. The molecule has 3 saturated heterocycles. The number of rotatable bonds is 3. The molecule has 4 atom stereocenters. The summed E-state index contributed by atoms with van der Waals surface area (Å²) in [5.74, 6) is 1.17. The van der Waals surface area contributed by atoms with Crippen molar-refractivity contribution in [3.05, 3.63) is 0 Å². The van der Waals surface area contributed by atoms with E-state index in [2.05, 4.69) is 16.3 Å². The molecule has 3 heterocycles. The van der Waals surface area contributed by atoms with Crippen LogP contribution in [0.2, 0.25) is 0 Å². The van der Waals surface area contributed by atoms with Crippen molar-refractivity contribution in [2.45, 2.75) is 57.0 Å². The maximum atomic E-state index is 12.7. The van der Waals surface area contributed by atoms with Gasteiger partial charge < -0.3 is 20.0 Å². The second kappa shape index (κ2) is 8.05. The average Bonchev–Trinajstić information content (AvgIpc) is 3.40. The molecule has 3 aliphatic heterocycles. The third-order valence-electron chi connectivity index (χ3n) is 6.91. The van der Waals surface area contributed by atoms with E-state index in [9.17, 15) is 9.59 Å². The SMILES string of the molecule is N#CC1CCCN1C(=O)CNC1C[C@@H]2CN(C(=O)N3CCCCC3)C[C@@H]2C1. The number of nitrogens with one attached hydrogen (secondary N) is 1. The molecule has 1 aliphatic carbocycles. The van der Waals surface area contributed by atoms with E-state index in [-0.39, 0.29) is 18.0 Å². The summed E-state index contributed by atoms with van der Waals surface area (Å²) in [5.41, 5.74) is 0. The Bertz CT molecular complexity index is 598. The van der Waals surface area contributed by atoms with Crippen molar-refractivity contribution in [2.24, 2.45) is 11.8 Å². The fourth-order valence-electron chi connectivity index (χ4n) is 5.44. The predicted molar refractivity (Wildman–Crippen MR) is 101 cm³/mol. The van der Waals surface area contributed by atoms with Gasteiger partial charge in [-0.3, -0.25) is 4.79 Å². The first-order valence-electron chi connectivity index (χ1n) is 10.6. The Labute approximate surface area is 161 Å². The van der Waals surface area contributed by atoms with Gasteiger partial charge in [-0.15, -0.1) is 0 Å². The number of fused-ring (bicyclic) bond motifs is 1. The number of piperidine rings is 1. The third-order valence-corrected chi connectivity index (χ3v) is 6.91. The van der Waals surface area contributed by atoms with Crippen LogP contribution in [0.4, 0.5) is 4.79 Å². The number of hydrogen-bond acceptors (Lipinski definition) is 4. The molecule has 148 valence electrons. The second-order valence-electron chi connectivity index (χ2n) is 8.68. The van der Waals surface area contributed by atoms with Crippen LogP contribution in [-0.4, -0.2) is 78.0 Å². The summed E-state index contributed by atoms with van der Waals surface area (Å²) in [6, 6.07) is 2.59. The molecule has 7 nitrogen and oxygen atoms in total. The fourth-order valence-corrected chi connectivity index (χ4v) is 5.44. The van der Waals surface area contributed by atoms with Crippen LogP contribution in [0.3, 0.4) is 0 Å². The minimum Gasteiger partial charge on any atom is -0.326 e. The number of hydrogen-bond donors (Lipinski definition) is 1. The molecule has 1 saturated carbocycles. The van der Waals surface area contributed by atoms with E-state index in [1.165, 1.54) is 6.42 Å². The number of amides is 3. The number of nitrogens with zero attached hydrogens (tertiary/aromatic N) is 4. The van der Waals surface area contributed by atoms with Crippen LogP contribution >= 0.6 is 0 Å². The molecule has 0 spiro atoms. The summed E-state index contributed by atoms with van der Waals surface area (Å²) in [4.78, 5) is 30.9. The molecule has 4 rings (SSSR count). The van der Waals surface area contributed by atoms with Crippen LogP contribution in [0.15, 0.2) is 0 Å². The van der Waals surface area contributed by atoms with E-state index in [0.717, 1.165) is 64.7 Å². The molecule has 3 amide bonds. The van der Waals surface area contributed by atoms with Gasteiger partial charge in [0, 0.05) is 38.8 Å². The smallest absolute Gasteiger partial charge is 0.320 e. The first kappa shape index (κ1) is 18.5. The van der Waals surface area contributed by atoms with Crippen molar-refractivity contribution >= 4 is 11.9 Å². The topological polar surface area (TPSA) is 79.7 Å². The monoisotopic (exact) mass is 373 g/mol. The van der Waals surface area contributed by atoms with Gasteiger partial charge >= 0.3 is 6.03 Å². The maximum absolute atomic E-state index is 12.7. The zero-order valence-corrected chi connectivity index (χ0v) is 16.1. The summed E-state index contributed by atoms with van der Waals surface area (Å²) in [6.45, 7) is 4.61. The Morgan fingerprint density at radius 1 is 0.963 bits per heavy atom. The fraction of sp³-hybridized carbons (Fsp3) is 0.850. The molecule has 0 aromatic rings. The molecule has 7 heteroatoms. The Kier molecular flexibility index (Phi) is 5.53. The quantitative estimate of drug-likeness (QED) is 0.811. The highest BCUT2D eigenvalue weighted by Gasteiger charge is 2.43. The van der Waals surface area contributed by atoms with Gasteiger partial charge in [-0.1, -0.05) is 0 Å². The summed E-state index contributed by atoms with van der Waals surface area (Å²) < 4.78 is 0. The molecule has 4 aliphatic rings. The lowest BCUT2D eigenvalue weighted by Crippen LogP contribution is -2.45.